The molecule has 28 heavy (non-hydrogen) atoms. The number of hydrogen-bond donors (Lipinski definition) is 1. The molecule has 0 bridgehead atoms. The number of carbonyl (C=O) groups is 1. The van der Waals surface area contributed by atoms with Gasteiger partial charge in [0, 0.05) is 10.9 Å². The summed E-state index contributed by atoms with van der Waals surface area (Å²) in [5.74, 6) is -0.941. The minimum Gasteiger partial charge on any atom is -0.495 e. The summed E-state index contributed by atoms with van der Waals surface area (Å²) in [6.07, 6.45) is 0.526. The molecule has 0 aliphatic heterocycles. The molecule has 150 valence electrons. The number of hydrogen-bond acceptors (Lipinski definition) is 4. The Balaban J connectivity index is 1.83. The number of alkyl halides is 3. The topological polar surface area (TPSA) is 72.5 Å². The van der Waals surface area contributed by atoms with Crippen LogP contribution in [-0.2, 0) is 14.6 Å². The molecule has 5 nitrogen and oxygen atoms in total. The standard InChI is InChI=1S/C18H15ClF3NO4S/c1-27-16-7-6-10(28(25,26)18(20,21)22)8-15(16)23-17(24)13-9-12(13)11-4-2-3-5-14(11)19/h2-8,12-13H,9H2,1H3,(H,23,24). The van der Waals surface area contributed by atoms with Crippen molar-refractivity contribution in [2.45, 2.75) is 22.7 Å². The number of sulfone groups is 1. The van der Waals surface area contributed by atoms with Gasteiger partial charge in [-0.25, -0.2) is 8.42 Å². The lowest BCUT2D eigenvalue weighted by Crippen LogP contribution is -2.23. The molecule has 0 saturated heterocycles. The summed E-state index contributed by atoms with van der Waals surface area (Å²) in [4.78, 5) is 11.5. The normalized spacial score (nSPS) is 19.2. The molecule has 3 rings (SSSR count). The smallest absolute Gasteiger partial charge is 0.495 e. The third-order valence-corrected chi connectivity index (χ3v) is 6.30. The Morgan fingerprint density at radius 2 is 1.89 bits per heavy atom. The van der Waals surface area contributed by atoms with E-state index in [-0.39, 0.29) is 17.4 Å². The van der Waals surface area contributed by atoms with Crippen molar-refractivity contribution in [3.05, 3.63) is 53.1 Å². The van der Waals surface area contributed by atoms with Crippen molar-refractivity contribution in [1.82, 2.24) is 0 Å². The van der Waals surface area contributed by atoms with Crippen LogP contribution in [0.15, 0.2) is 47.4 Å². The molecule has 0 spiro atoms. The SMILES string of the molecule is COc1ccc(S(=O)(=O)C(F)(F)F)cc1NC(=O)C1CC1c1ccccc1Cl. The molecular formula is C18H15ClF3NO4S. The largest absolute Gasteiger partial charge is 0.501 e. The van der Waals surface area contributed by atoms with Gasteiger partial charge in [0.15, 0.2) is 0 Å². The van der Waals surface area contributed by atoms with E-state index >= 15 is 0 Å². The van der Waals surface area contributed by atoms with Crippen molar-refractivity contribution in [1.29, 1.82) is 0 Å². The van der Waals surface area contributed by atoms with Crippen LogP contribution in [0.1, 0.15) is 17.9 Å². The maximum absolute atomic E-state index is 12.8. The average Bonchev–Trinajstić information content (AvgIpc) is 3.41. The predicted molar refractivity (Wildman–Crippen MR) is 97.2 cm³/mol. The Bertz CT molecular complexity index is 1020. The van der Waals surface area contributed by atoms with E-state index in [1.165, 1.54) is 7.11 Å². The molecule has 2 unspecified atom stereocenters. The van der Waals surface area contributed by atoms with Crippen LogP contribution in [0.2, 0.25) is 5.02 Å². The van der Waals surface area contributed by atoms with Gasteiger partial charge in [-0.1, -0.05) is 29.8 Å². The van der Waals surface area contributed by atoms with Gasteiger partial charge in [-0.05, 0) is 42.2 Å². The lowest BCUT2D eigenvalue weighted by atomic mass is 10.1. The molecular weight excluding hydrogens is 419 g/mol. The molecule has 1 saturated carbocycles. The van der Waals surface area contributed by atoms with Crippen molar-refractivity contribution < 1.29 is 31.1 Å². The highest BCUT2D eigenvalue weighted by Crippen LogP contribution is 2.50. The number of nitrogens with one attached hydrogen (secondary N) is 1. The Kier molecular flexibility index (Phi) is 5.33. The summed E-state index contributed by atoms with van der Waals surface area (Å²) in [5, 5.41) is 2.99. The van der Waals surface area contributed by atoms with Gasteiger partial charge in [0.2, 0.25) is 5.91 Å². The molecule has 1 N–H and O–H groups in total. The van der Waals surface area contributed by atoms with Gasteiger partial charge in [0.25, 0.3) is 9.84 Å². The van der Waals surface area contributed by atoms with E-state index in [1.54, 1.807) is 24.3 Å². The summed E-state index contributed by atoms with van der Waals surface area (Å²) < 4.78 is 66.6. The molecule has 0 aromatic heterocycles. The average molecular weight is 434 g/mol. The van der Waals surface area contributed by atoms with Gasteiger partial charge in [-0.2, -0.15) is 13.2 Å². The molecule has 0 radical (unpaired) electrons. The fourth-order valence-corrected chi connectivity index (χ4v) is 3.98. The second-order valence-electron chi connectivity index (χ2n) is 6.27. The summed E-state index contributed by atoms with van der Waals surface area (Å²) >= 11 is 6.13. The number of anilines is 1. The molecule has 10 heteroatoms. The van der Waals surface area contributed by atoms with Gasteiger partial charge >= 0.3 is 5.51 Å². The fraction of sp³-hybridized carbons (Fsp3) is 0.278. The highest BCUT2D eigenvalue weighted by Gasteiger charge is 2.47. The van der Waals surface area contributed by atoms with Crippen LogP contribution in [0.5, 0.6) is 5.75 Å². The first-order valence-corrected chi connectivity index (χ1v) is 9.97. The molecule has 2 atom stereocenters. The lowest BCUT2D eigenvalue weighted by Gasteiger charge is -2.13. The first-order valence-electron chi connectivity index (χ1n) is 8.11. The van der Waals surface area contributed by atoms with E-state index in [4.69, 9.17) is 16.3 Å². The van der Waals surface area contributed by atoms with Gasteiger partial charge in [0.05, 0.1) is 17.7 Å². The Morgan fingerprint density at radius 1 is 1.21 bits per heavy atom. The first kappa shape index (κ1) is 20.5. The molecule has 2 aromatic rings. The summed E-state index contributed by atoms with van der Waals surface area (Å²) in [6.45, 7) is 0. The van der Waals surface area contributed by atoms with Gasteiger partial charge in [-0.3, -0.25) is 4.79 Å². The van der Waals surface area contributed by atoms with Crippen LogP contribution in [0.4, 0.5) is 18.9 Å². The Labute approximate surface area is 164 Å². The van der Waals surface area contributed by atoms with Crippen molar-refractivity contribution in [3.63, 3.8) is 0 Å². The summed E-state index contributed by atoms with van der Waals surface area (Å²) in [6, 6.07) is 9.65. The number of benzene rings is 2. The van der Waals surface area contributed by atoms with Crippen LogP contribution in [0, 0.1) is 5.92 Å². The van der Waals surface area contributed by atoms with E-state index in [0.29, 0.717) is 11.4 Å². The van der Waals surface area contributed by atoms with E-state index in [0.717, 1.165) is 23.8 Å². The van der Waals surface area contributed by atoms with Crippen LogP contribution in [-0.4, -0.2) is 26.9 Å². The predicted octanol–water partition coefficient (Wildman–Crippen LogP) is 4.38. The molecule has 1 fully saturated rings. The van der Waals surface area contributed by atoms with Crippen molar-refractivity contribution in [3.8, 4) is 5.75 Å². The molecule has 0 heterocycles. The van der Waals surface area contributed by atoms with E-state index in [1.807, 2.05) is 0 Å². The van der Waals surface area contributed by atoms with Crippen LogP contribution in [0.25, 0.3) is 0 Å². The zero-order valence-corrected chi connectivity index (χ0v) is 16.0. The lowest BCUT2D eigenvalue weighted by molar-refractivity contribution is -0.117. The summed E-state index contributed by atoms with van der Waals surface area (Å²) in [5.41, 5.74) is -4.79. The molecule has 1 aliphatic rings. The van der Waals surface area contributed by atoms with Crippen LogP contribution >= 0.6 is 11.6 Å². The van der Waals surface area contributed by atoms with Crippen molar-refractivity contribution >= 4 is 33.0 Å². The number of halogens is 4. The van der Waals surface area contributed by atoms with Gasteiger partial charge in [0.1, 0.15) is 5.75 Å². The highest BCUT2D eigenvalue weighted by molar-refractivity contribution is 7.92. The molecule has 1 aliphatic carbocycles. The number of methoxy groups -OCH3 is 1. The highest BCUT2D eigenvalue weighted by atomic mass is 35.5. The van der Waals surface area contributed by atoms with E-state index in [2.05, 4.69) is 5.32 Å². The first-order chi connectivity index (χ1) is 13.1. The minimum absolute atomic E-state index is 0.0458. The van der Waals surface area contributed by atoms with Crippen LogP contribution < -0.4 is 10.1 Å². The zero-order valence-electron chi connectivity index (χ0n) is 14.5. The maximum Gasteiger partial charge on any atom is 0.501 e. The second kappa shape index (κ2) is 7.29. The van der Waals surface area contributed by atoms with Gasteiger partial charge in [-0.15, -0.1) is 0 Å². The maximum atomic E-state index is 12.8. The Hall–Kier alpha value is -2.26. The van der Waals surface area contributed by atoms with Crippen molar-refractivity contribution in [2.75, 3.05) is 12.4 Å². The number of rotatable bonds is 5. The minimum atomic E-state index is -5.55. The number of ether oxygens (including phenoxy) is 1. The summed E-state index contributed by atoms with van der Waals surface area (Å²) in [7, 11) is -4.29. The number of amides is 1. The molecule has 2 aromatic carbocycles. The Morgan fingerprint density at radius 3 is 2.50 bits per heavy atom. The monoisotopic (exact) mass is 433 g/mol. The second-order valence-corrected chi connectivity index (χ2v) is 8.62. The quantitative estimate of drug-likeness (QED) is 0.759. The van der Waals surface area contributed by atoms with Crippen LogP contribution in [0.3, 0.4) is 0 Å². The molecule has 1 amide bonds. The van der Waals surface area contributed by atoms with E-state index < -0.39 is 32.1 Å². The third kappa shape index (κ3) is 3.81. The fourth-order valence-electron chi connectivity index (χ4n) is 2.92. The van der Waals surface area contributed by atoms with Gasteiger partial charge < -0.3 is 10.1 Å². The zero-order chi connectivity index (χ0) is 20.7. The third-order valence-electron chi connectivity index (χ3n) is 4.48. The number of carbonyl (C=O) groups excluding carboxylic acids is 1. The van der Waals surface area contributed by atoms with Crippen molar-refractivity contribution in [2.24, 2.45) is 5.92 Å². The van der Waals surface area contributed by atoms with E-state index in [9.17, 15) is 26.4 Å².